The average molecular weight is 510 g/mol. The van der Waals surface area contributed by atoms with E-state index in [1.165, 1.54) is 49.5 Å². The first-order valence-corrected chi connectivity index (χ1v) is 12.5. The summed E-state index contributed by atoms with van der Waals surface area (Å²) in [4.78, 5) is 15.7. The molecular formula is C23H17N4O6S2-. The Morgan fingerprint density at radius 1 is 1.09 bits per heavy atom. The molecule has 1 heterocycles. The molecule has 0 saturated carbocycles. The molecule has 1 atom stereocenters. The summed E-state index contributed by atoms with van der Waals surface area (Å²) in [5.41, 5.74) is 1.69. The van der Waals surface area contributed by atoms with Gasteiger partial charge in [-0.2, -0.15) is 9.55 Å². The van der Waals surface area contributed by atoms with Crippen LogP contribution >= 0.6 is 0 Å². The number of amides is 1. The molecule has 1 amide bonds. The summed E-state index contributed by atoms with van der Waals surface area (Å²) in [7, 11) is -2.49. The summed E-state index contributed by atoms with van der Waals surface area (Å²) in [5.74, 6) is -0.506. The second-order valence-corrected chi connectivity index (χ2v) is 9.86. The first-order chi connectivity index (χ1) is 16.7. The molecule has 10 nitrogen and oxygen atoms in total. The Labute approximate surface area is 203 Å². The van der Waals surface area contributed by atoms with Gasteiger partial charge in [0, 0.05) is 23.6 Å². The lowest BCUT2D eigenvalue weighted by Gasteiger charge is -2.18. The van der Waals surface area contributed by atoms with Crippen LogP contribution in [0.4, 0.5) is 11.4 Å². The van der Waals surface area contributed by atoms with E-state index >= 15 is 0 Å². The largest absolute Gasteiger partial charge is 0.748 e. The fraction of sp³-hybridized carbons (Fsp3) is 0.0435. The van der Waals surface area contributed by atoms with Gasteiger partial charge in [-0.3, -0.25) is 4.79 Å². The van der Waals surface area contributed by atoms with Crippen molar-refractivity contribution in [1.29, 1.82) is 5.26 Å². The number of nitrogens with one attached hydrogen (secondary N) is 2. The molecule has 4 aromatic rings. The van der Waals surface area contributed by atoms with Gasteiger partial charge in [0.15, 0.2) is 0 Å². The molecule has 0 spiro atoms. The normalized spacial score (nSPS) is 12.1. The Bertz CT molecular complexity index is 1610. The van der Waals surface area contributed by atoms with Crippen LogP contribution in [0.5, 0.6) is 0 Å². The maximum atomic E-state index is 13.0. The summed E-state index contributed by atoms with van der Waals surface area (Å²) < 4.78 is 52.1. The molecule has 0 radical (unpaired) electrons. The molecule has 0 saturated heterocycles. The number of fused-ring (bicyclic) bond motifs is 1. The lowest BCUT2D eigenvalue weighted by atomic mass is 10.2. The summed E-state index contributed by atoms with van der Waals surface area (Å²) in [5, 5.41) is 13.5. The van der Waals surface area contributed by atoms with Crippen LogP contribution in [-0.4, -0.2) is 35.1 Å². The number of rotatable bonds is 7. The monoisotopic (exact) mass is 509 g/mol. The first kappa shape index (κ1) is 24.1. The van der Waals surface area contributed by atoms with Gasteiger partial charge in [-0.05, 0) is 54.6 Å². The molecule has 0 bridgehead atoms. The number of sulfone groups is 1. The number of aromatic nitrogens is 1. The molecule has 3 aromatic carbocycles. The van der Waals surface area contributed by atoms with E-state index in [0.717, 1.165) is 5.06 Å². The minimum atomic E-state index is -3.91. The number of carbonyl (C=O) groups is 1. The van der Waals surface area contributed by atoms with Crippen molar-refractivity contribution in [3.63, 3.8) is 0 Å². The molecule has 35 heavy (non-hydrogen) atoms. The van der Waals surface area contributed by atoms with Crippen molar-refractivity contribution in [2.45, 2.75) is 9.79 Å². The second kappa shape index (κ2) is 9.69. The number of aromatic amines is 1. The van der Waals surface area contributed by atoms with E-state index in [-0.39, 0.29) is 26.7 Å². The van der Waals surface area contributed by atoms with Gasteiger partial charge in [0.25, 0.3) is 5.91 Å². The van der Waals surface area contributed by atoms with Gasteiger partial charge in [0.1, 0.15) is 17.1 Å². The van der Waals surface area contributed by atoms with Crippen molar-refractivity contribution in [3.8, 4) is 6.07 Å². The number of H-pyrrole nitrogens is 1. The molecule has 2 N–H and O–H groups in total. The lowest BCUT2D eigenvalue weighted by Crippen LogP contribution is -2.18. The maximum Gasteiger partial charge on any atom is 0.272 e. The molecule has 12 heteroatoms. The van der Waals surface area contributed by atoms with Gasteiger partial charge >= 0.3 is 0 Å². The van der Waals surface area contributed by atoms with Gasteiger partial charge in [0.05, 0.1) is 27.1 Å². The fourth-order valence-corrected chi connectivity index (χ4v) is 5.00. The van der Waals surface area contributed by atoms with Gasteiger partial charge in [-0.15, -0.1) is 0 Å². The van der Waals surface area contributed by atoms with Crippen LogP contribution in [0.1, 0.15) is 16.1 Å². The number of nitriles is 1. The third-order valence-electron chi connectivity index (χ3n) is 5.06. The summed E-state index contributed by atoms with van der Waals surface area (Å²) in [6.07, 6.45) is 0. The van der Waals surface area contributed by atoms with Gasteiger partial charge in [0.2, 0.25) is 9.84 Å². The van der Waals surface area contributed by atoms with Crippen LogP contribution in [0, 0.1) is 11.3 Å². The van der Waals surface area contributed by atoms with Crippen LogP contribution < -0.4 is 10.4 Å². The minimum Gasteiger partial charge on any atom is -0.748 e. The Kier molecular flexibility index (Phi) is 6.68. The highest BCUT2D eigenvalue weighted by Crippen LogP contribution is 2.26. The highest BCUT2D eigenvalue weighted by Gasteiger charge is 2.19. The van der Waals surface area contributed by atoms with E-state index in [1.54, 1.807) is 30.3 Å². The third kappa shape index (κ3) is 5.23. The minimum absolute atomic E-state index is 0.0267. The van der Waals surface area contributed by atoms with Crippen molar-refractivity contribution in [1.82, 2.24) is 4.98 Å². The summed E-state index contributed by atoms with van der Waals surface area (Å²) in [6.45, 7) is 0. The number of anilines is 2. The topological polar surface area (TPSA) is 155 Å². The van der Waals surface area contributed by atoms with Gasteiger partial charge < -0.3 is 14.9 Å². The number of carbonyl (C=O) groups excluding carboxylic acids is 1. The van der Waals surface area contributed by atoms with Crippen molar-refractivity contribution >= 4 is 49.4 Å². The van der Waals surface area contributed by atoms with Crippen molar-refractivity contribution in [2.75, 3.05) is 17.4 Å². The smallest absolute Gasteiger partial charge is 0.272 e. The highest BCUT2D eigenvalue weighted by atomic mass is 32.2. The number of hydrogen-bond donors (Lipinski definition) is 2. The highest BCUT2D eigenvalue weighted by molar-refractivity contribution is 7.91. The third-order valence-corrected chi connectivity index (χ3v) is 7.16. The predicted octanol–water partition coefficient (Wildman–Crippen LogP) is 3.29. The first-order valence-electron chi connectivity index (χ1n) is 9.98. The van der Waals surface area contributed by atoms with E-state index < -0.39 is 27.1 Å². The zero-order valence-electron chi connectivity index (χ0n) is 18.1. The molecule has 1 aromatic heterocycles. The number of hydrogen-bond acceptors (Lipinski definition) is 8. The zero-order chi connectivity index (χ0) is 25.2. The van der Waals surface area contributed by atoms with E-state index in [2.05, 4.69) is 14.6 Å². The molecule has 1 unspecified atom stereocenters. The SMILES string of the molecule is CN(OS(=O)[O-])c1ccc2cc(C(=O)Nc3cccc(S(=O)(=O)c4cccc(C#N)c4)c3)[nH]c2c1. The van der Waals surface area contributed by atoms with Crippen molar-refractivity contribution in [2.24, 2.45) is 0 Å². The molecular weight excluding hydrogens is 492 g/mol. The van der Waals surface area contributed by atoms with Crippen LogP contribution in [-0.2, 0) is 25.5 Å². The van der Waals surface area contributed by atoms with Crippen LogP contribution in [0.3, 0.4) is 0 Å². The molecule has 0 fully saturated rings. The van der Waals surface area contributed by atoms with Gasteiger partial charge in [-0.1, -0.05) is 18.2 Å². The van der Waals surface area contributed by atoms with E-state index in [9.17, 15) is 22.0 Å². The second-order valence-electron chi connectivity index (χ2n) is 7.36. The Hall–Kier alpha value is -4.02. The molecule has 0 aliphatic rings. The van der Waals surface area contributed by atoms with E-state index in [0.29, 0.717) is 16.6 Å². The summed E-state index contributed by atoms with van der Waals surface area (Å²) in [6, 6.07) is 19.9. The van der Waals surface area contributed by atoms with Gasteiger partial charge in [-0.25, -0.2) is 17.7 Å². The Balaban J connectivity index is 1.57. The van der Waals surface area contributed by atoms with Crippen LogP contribution in [0.2, 0.25) is 0 Å². The number of nitrogens with zero attached hydrogens (tertiary/aromatic N) is 2. The average Bonchev–Trinajstić information content (AvgIpc) is 3.27. The quantitative estimate of drug-likeness (QED) is 0.284. The molecule has 0 aliphatic carbocycles. The standard InChI is InChI=1S/C23H18N4O6S2/c1-27(33-34(29)30)18-9-8-16-11-22(26-21(16)13-18)23(28)25-17-5-3-7-20(12-17)35(31,32)19-6-2-4-15(10-19)14-24/h2-13,26H,1H3,(H,25,28)(H,29,30)/p-1. The Morgan fingerprint density at radius 2 is 1.80 bits per heavy atom. The maximum absolute atomic E-state index is 13.0. The fourth-order valence-electron chi connectivity index (χ4n) is 3.38. The van der Waals surface area contributed by atoms with Crippen molar-refractivity contribution < 1.29 is 26.3 Å². The number of hydroxylamine groups is 1. The molecule has 178 valence electrons. The lowest BCUT2D eigenvalue weighted by molar-refractivity contribution is 0.102. The van der Waals surface area contributed by atoms with E-state index in [1.807, 2.05) is 6.07 Å². The number of benzene rings is 3. The van der Waals surface area contributed by atoms with Crippen molar-refractivity contribution in [3.05, 3.63) is 84.1 Å². The van der Waals surface area contributed by atoms with Crippen LogP contribution in [0.15, 0.2) is 82.6 Å². The Morgan fingerprint density at radius 3 is 2.51 bits per heavy atom. The van der Waals surface area contributed by atoms with E-state index in [4.69, 9.17) is 5.26 Å². The van der Waals surface area contributed by atoms with Crippen LogP contribution in [0.25, 0.3) is 10.9 Å². The predicted molar refractivity (Wildman–Crippen MR) is 128 cm³/mol. The molecule has 0 aliphatic heterocycles. The zero-order valence-corrected chi connectivity index (χ0v) is 19.7. The summed E-state index contributed by atoms with van der Waals surface area (Å²) >= 11 is -2.73. The molecule has 4 rings (SSSR count).